The Morgan fingerprint density at radius 3 is 2.94 bits per heavy atom. The lowest BCUT2D eigenvalue weighted by molar-refractivity contribution is -0.139. The fraction of sp³-hybridized carbons (Fsp3) is 0.923. The lowest BCUT2D eigenvalue weighted by atomic mass is 10.1. The summed E-state index contributed by atoms with van der Waals surface area (Å²) in [7, 11) is 0. The monoisotopic (exact) mass is 258 g/mol. The second-order valence-corrected chi connectivity index (χ2v) is 4.76. The number of likely N-dealkylation sites (tertiary alicyclic amines) is 1. The van der Waals surface area contributed by atoms with E-state index in [1.54, 1.807) is 0 Å². The van der Waals surface area contributed by atoms with Crippen LogP contribution in [0, 0.1) is 0 Å². The van der Waals surface area contributed by atoms with Gasteiger partial charge in [-0.25, -0.2) is 0 Å². The molecule has 0 aromatic rings. The minimum atomic E-state index is -0.754. The third-order valence-corrected chi connectivity index (χ3v) is 3.35. The maximum atomic E-state index is 11.0. The zero-order valence-corrected chi connectivity index (χ0v) is 11.5. The molecular formula is C13H26N2O3. The molecule has 0 spiro atoms. The summed E-state index contributed by atoms with van der Waals surface area (Å²) in [5.74, 6) is -0.754. The van der Waals surface area contributed by atoms with Crippen molar-refractivity contribution in [2.24, 2.45) is 0 Å². The molecule has 0 aliphatic carbocycles. The molecule has 1 rings (SSSR count). The van der Waals surface area contributed by atoms with E-state index >= 15 is 0 Å². The number of aliphatic carboxylic acids is 1. The van der Waals surface area contributed by atoms with Crippen molar-refractivity contribution in [1.82, 2.24) is 10.2 Å². The van der Waals surface area contributed by atoms with E-state index < -0.39 is 12.0 Å². The highest BCUT2D eigenvalue weighted by Gasteiger charge is 2.22. The maximum Gasteiger partial charge on any atom is 0.320 e. The summed E-state index contributed by atoms with van der Waals surface area (Å²) < 4.78 is 5.64. The number of likely N-dealkylation sites (N-methyl/N-ethyl adjacent to an activating group) is 1. The standard InChI is InChI=1S/C13H26N2O3/c1-3-14-12(13(16)17)7-9-15-8-5-6-11(10-15)18-4-2/h11-12,14H,3-10H2,1-2H3,(H,16,17). The van der Waals surface area contributed by atoms with E-state index in [1.807, 2.05) is 13.8 Å². The van der Waals surface area contributed by atoms with Crippen LogP contribution in [0.1, 0.15) is 33.1 Å². The van der Waals surface area contributed by atoms with E-state index in [2.05, 4.69) is 10.2 Å². The molecule has 2 atom stereocenters. The first-order chi connectivity index (χ1) is 8.67. The third-order valence-electron chi connectivity index (χ3n) is 3.35. The topological polar surface area (TPSA) is 61.8 Å². The predicted molar refractivity (Wildman–Crippen MR) is 70.8 cm³/mol. The average molecular weight is 258 g/mol. The molecule has 2 N–H and O–H groups in total. The number of carbonyl (C=O) groups is 1. The Hall–Kier alpha value is -0.650. The first-order valence-electron chi connectivity index (χ1n) is 6.97. The Labute approximate surface area is 109 Å². The van der Waals surface area contributed by atoms with Gasteiger partial charge in [0.1, 0.15) is 6.04 Å². The number of carboxylic acid groups (broad SMARTS) is 1. The lowest BCUT2D eigenvalue weighted by Gasteiger charge is -2.33. The summed E-state index contributed by atoms with van der Waals surface area (Å²) >= 11 is 0. The van der Waals surface area contributed by atoms with E-state index in [4.69, 9.17) is 9.84 Å². The summed E-state index contributed by atoms with van der Waals surface area (Å²) in [6.45, 7) is 8.22. The van der Waals surface area contributed by atoms with Crippen molar-refractivity contribution in [3.05, 3.63) is 0 Å². The number of rotatable bonds is 8. The smallest absolute Gasteiger partial charge is 0.320 e. The highest BCUT2D eigenvalue weighted by Crippen LogP contribution is 2.13. The highest BCUT2D eigenvalue weighted by atomic mass is 16.5. The fourth-order valence-corrected chi connectivity index (χ4v) is 2.46. The van der Waals surface area contributed by atoms with Gasteiger partial charge in [0.25, 0.3) is 0 Å². The molecule has 2 unspecified atom stereocenters. The van der Waals surface area contributed by atoms with Crippen molar-refractivity contribution >= 4 is 5.97 Å². The van der Waals surface area contributed by atoms with Crippen molar-refractivity contribution in [3.63, 3.8) is 0 Å². The molecule has 0 aromatic heterocycles. The molecular weight excluding hydrogens is 232 g/mol. The lowest BCUT2D eigenvalue weighted by Crippen LogP contribution is -2.44. The number of carboxylic acids is 1. The second-order valence-electron chi connectivity index (χ2n) is 4.76. The van der Waals surface area contributed by atoms with Crippen molar-refractivity contribution in [3.8, 4) is 0 Å². The van der Waals surface area contributed by atoms with Crippen LogP contribution in [0.25, 0.3) is 0 Å². The number of nitrogens with one attached hydrogen (secondary N) is 1. The summed E-state index contributed by atoms with van der Waals surface area (Å²) in [6.07, 6.45) is 3.25. The van der Waals surface area contributed by atoms with Gasteiger partial charge in [-0.1, -0.05) is 6.92 Å². The normalized spacial score (nSPS) is 22.9. The molecule has 106 valence electrons. The Kier molecular flexibility index (Phi) is 7.23. The van der Waals surface area contributed by atoms with Crippen LogP contribution < -0.4 is 5.32 Å². The molecule has 5 nitrogen and oxygen atoms in total. The van der Waals surface area contributed by atoms with Gasteiger partial charge in [-0.3, -0.25) is 4.79 Å². The van der Waals surface area contributed by atoms with E-state index in [-0.39, 0.29) is 0 Å². The number of piperidine rings is 1. The quantitative estimate of drug-likeness (QED) is 0.678. The van der Waals surface area contributed by atoms with Crippen molar-refractivity contribution < 1.29 is 14.6 Å². The van der Waals surface area contributed by atoms with Gasteiger partial charge in [-0.05, 0) is 39.3 Å². The third kappa shape index (κ3) is 5.33. The van der Waals surface area contributed by atoms with Gasteiger partial charge in [0.05, 0.1) is 6.10 Å². The van der Waals surface area contributed by atoms with Gasteiger partial charge in [0.15, 0.2) is 0 Å². The van der Waals surface area contributed by atoms with Gasteiger partial charge < -0.3 is 20.1 Å². The van der Waals surface area contributed by atoms with Crippen LogP contribution in [0.5, 0.6) is 0 Å². The van der Waals surface area contributed by atoms with E-state index in [0.717, 1.165) is 39.1 Å². The summed E-state index contributed by atoms with van der Waals surface area (Å²) in [5.41, 5.74) is 0. The maximum absolute atomic E-state index is 11.0. The van der Waals surface area contributed by atoms with Crippen LogP contribution >= 0.6 is 0 Å². The van der Waals surface area contributed by atoms with Crippen molar-refractivity contribution in [1.29, 1.82) is 0 Å². The van der Waals surface area contributed by atoms with Crippen molar-refractivity contribution in [2.75, 3.05) is 32.8 Å². The van der Waals surface area contributed by atoms with Gasteiger partial charge in [-0.2, -0.15) is 0 Å². The molecule has 1 saturated heterocycles. The molecule has 0 bridgehead atoms. The van der Waals surface area contributed by atoms with Crippen molar-refractivity contribution in [2.45, 2.75) is 45.3 Å². The average Bonchev–Trinajstić information content (AvgIpc) is 2.35. The fourth-order valence-electron chi connectivity index (χ4n) is 2.46. The van der Waals surface area contributed by atoms with E-state index in [9.17, 15) is 4.79 Å². The number of ether oxygens (including phenoxy) is 1. The van der Waals surface area contributed by atoms with Gasteiger partial charge in [0, 0.05) is 19.7 Å². The van der Waals surface area contributed by atoms with Crippen LogP contribution in [0.2, 0.25) is 0 Å². The Morgan fingerprint density at radius 1 is 1.56 bits per heavy atom. The predicted octanol–water partition coefficient (Wildman–Crippen LogP) is 0.940. The van der Waals surface area contributed by atoms with Gasteiger partial charge >= 0.3 is 5.97 Å². The van der Waals surface area contributed by atoms with Crippen LogP contribution in [0.4, 0.5) is 0 Å². The molecule has 18 heavy (non-hydrogen) atoms. The van der Waals surface area contributed by atoms with Crippen LogP contribution in [-0.2, 0) is 9.53 Å². The van der Waals surface area contributed by atoms with Crippen LogP contribution in [0.15, 0.2) is 0 Å². The Morgan fingerprint density at radius 2 is 2.33 bits per heavy atom. The highest BCUT2D eigenvalue weighted by molar-refractivity contribution is 5.73. The molecule has 1 heterocycles. The van der Waals surface area contributed by atoms with Crippen LogP contribution in [0.3, 0.4) is 0 Å². The SMILES string of the molecule is CCNC(CCN1CCCC(OCC)C1)C(=O)O. The molecule has 0 amide bonds. The molecule has 0 aromatic carbocycles. The largest absolute Gasteiger partial charge is 0.480 e. The van der Waals surface area contributed by atoms with E-state index in [0.29, 0.717) is 19.1 Å². The Balaban J connectivity index is 2.30. The molecule has 0 radical (unpaired) electrons. The van der Waals surface area contributed by atoms with Gasteiger partial charge in [0.2, 0.25) is 0 Å². The number of hydrogen-bond acceptors (Lipinski definition) is 4. The molecule has 5 heteroatoms. The first-order valence-corrected chi connectivity index (χ1v) is 6.97. The van der Waals surface area contributed by atoms with Crippen LogP contribution in [-0.4, -0.2) is 60.9 Å². The molecule has 1 fully saturated rings. The Bertz CT molecular complexity index is 246. The summed E-state index contributed by atoms with van der Waals surface area (Å²) in [6, 6.07) is -0.428. The van der Waals surface area contributed by atoms with E-state index in [1.165, 1.54) is 0 Å². The minimum absolute atomic E-state index is 0.325. The molecule has 0 saturated carbocycles. The van der Waals surface area contributed by atoms with Gasteiger partial charge in [-0.15, -0.1) is 0 Å². The number of nitrogens with zero attached hydrogens (tertiary/aromatic N) is 1. The number of hydrogen-bond donors (Lipinski definition) is 2. The second kappa shape index (κ2) is 8.45. The minimum Gasteiger partial charge on any atom is -0.480 e. The molecule has 1 aliphatic rings. The summed E-state index contributed by atoms with van der Waals surface area (Å²) in [5, 5.41) is 12.1. The zero-order valence-electron chi connectivity index (χ0n) is 11.5. The first kappa shape index (κ1) is 15.4. The molecule has 1 aliphatic heterocycles. The summed E-state index contributed by atoms with van der Waals surface area (Å²) in [4.78, 5) is 13.3. The zero-order chi connectivity index (χ0) is 13.4.